The zero-order valence-corrected chi connectivity index (χ0v) is 17.0. The highest BCUT2D eigenvalue weighted by Gasteiger charge is 2.29. The highest BCUT2D eigenvalue weighted by atomic mass is 32.2. The van der Waals surface area contributed by atoms with Gasteiger partial charge in [-0.1, -0.05) is 24.3 Å². The van der Waals surface area contributed by atoms with Crippen LogP contribution in [0.1, 0.15) is 42.4 Å². The van der Waals surface area contributed by atoms with Gasteiger partial charge in [-0.2, -0.15) is 0 Å². The molecule has 0 unspecified atom stereocenters. The summed E-state index contributed by atoms with van der Waals surface area (Å²) in [4.78, 5) is 49.4. The number of nitrogens with one attached hydrogen (secondary N) is 1. The van der Waals surface area contributed by atoms with E-state index in [2.05, 4.69) is 5.32 Å². The van der Waals surface area contributed by atoms with Crippen molar-refractivity contribution in [3.63, 3.8) is 0 Å². The van der Waals surface area contributed by atoms with Gasteiger partial charge >= 0.3 is 5.97 Å². The number of fused-ring (bicyclic) bond motifs is 2. The maximum absolute atomic E-state index is 12.7. The number of anilines is 1. The van der Waals surface area contributed by atoms with Gasteiger partial charge in [0.15, 0.2) is 18.2 Å². The van der Waals surface area contributed by atoms with E-state index in [1.54, 1.807) is 24.3 Å². The van der Waals surface area contributed by atoms with Crippen LogP contribution in [0.3, 0.4) is 0 Å². The Kier molecular flexibility index (Phi) is 5.20. The fraction of sp³-hybridized carbons (Fsp3) is 0.0476. The SMILES string of the molecule is NS(=O)(=O)c1ccc(C(=O)OCC(=O)Nc2ccc3c(c2)C(=O)c2ccccc2C3=O)o1. The number of sulfonamides is 1. The van der Waals surface area contributed by atoms with Crippen molar-refractivity contribution in [2.75, 3.05) is 11.9 Å². The van der Waals surface area contributed by atoms with Gasteiger partial charge in [-0.15, -0.1) is 0 Å². The summed E-state index contributed by atoms with van der Waals surface area (Å²) in [6.45, 7) is -0.711. The molecule has 0 saturated carbocycles. The van der Waals surface area contributed by atoms with Crippen LogP contribution >= 0.6 is 0 Å². The van der Waals surface area contributed by atoms with Crippen molar-refractivity contribution in [3.05, 3.63) is 82.6 Å². The van der Waals surface area contributed by atoms with Crippen molar-refractivity contribution in [1.29, 1.82) is 0 Å². The fourth-order valence-electron chi connectivity index (χ4n) is 3.16. The van der Waals surface area contributed by atoms with E-state index in [9.17, 15) is 27.6 Å². The topological polar surface area (TPSA) is 163 Å². The molecule has 1 aromatic heterocycles. The second-order valence-electron chi connectivity index (χ2n) is 6.75. The molecule has 162 valence electrons. The average molecular weight is 454 g/mol. The Hall–Kier alpha value is -4.09. The molecule has 32 heavy (non-hydrogen) atoms. The lowest BCUT2D eigenvalue weighted by Crippen LogP contribution is -2.23. The quantitative estimate of drug-likeness (QED) is 0.429. The van der Waals surface area contributed by atoms with Gasteiger partial charge in [0.1, 0.15) is 0 Å². The highest BCUT2D eigenvalue weighted by molar-refractivity contribution is 7.89. The minimum absolute atomic E-state index is 0.148. The largest absolute Gasteiger partial charge is 0.450 e. The molecule has 10 nitrogen and oxygen atoms in total. The molecule has 3 aromatic rings. The van der Waals surface area contributed by atoms with Crippen LogP contribution < -0.4 is 10.5 Å². The van der Waals surface area contributed by atoms with E-state index >= 15 is 0 Å². The zero-order chi connectivity index (χ0) is 23.0. The first-order valence-corrected chi connectivity index (χ1v) is 10.6. The third-order valence-corrected chi connectivity index (χ3v) is 5.39. The Balaban J connectivity index is 1.43. The van der Waals surface area contributed by atoms with E-state index in [1.165, 1.54) is 18.2 Å². The molecular formula is C21H14N2O8S. The Morgan fingerprint density at radius 3 is 2.16 bits per heavy atom. The Labute approximate surface area is 181 Å². The number of esters is 1. The number of hydrogen-bond donors (Lipinski definition) is 2. The highest BCUT2D eigenvalue weighted by Crippen LogP contribution is 2.29. The molecule has 0 bridgehead atoms. The number of ketones is 2. The lowest BCUT2D eigenvalue weighted by Gasteiger charge is -2.18. The number of primary sulfonamides is 1. The first-order valence-electron chi connectivity index (χ1n) is 9.07. The molecule has 11 heteroatoms. The number of nitrogens with two attached hydrogens (primary N) is 1. The predicted octanol–water partition coefficient (Wildman–Crippen LogP) is 1.50. The van der Waals surface area contributed by atoms with Gasteiger partial charge in [0, 0.05) is 27.9 Å². The van der Waals surface area contributed by atoms with Gasteiger partial charge in [-0.3, -0.25) is 14.4 Å². The van der Waals surface area contributed by atoms with E-state index in [0.29, 0.717) is 5.56 Å². The maximum atomic E-state index is 12.7. The lowest BCUT2D eigenvalue weighted by atomic mass is 9.84. The standard InChI is InChI=1S/C21H14N2O8S/c22-32(28,29)18-8-7-16(31-18)21(27)30-10-17(24)23-11-5-6-14-15(9-11)20(26)13-4-2-1-3-12(13)19(14)25/h1-9H,10H2,(H,23,24)(H2,22,28,29). The van der Waals surface area contributed by atoms with Crippen LogP contribution in [-0.2, 0) is 19.6 Å². The number of amides is 1. The van der Waals surface area contributed by atoms with Gasteiger partial charge in [-0.05, 0) is 30.3 Å². The molecule has 2 aromatic carbocycles. The van der Waals surface area contributed by atoms with Crippen LogP contribution in [0.25, 0.3) is 0 Å². The van der Waals surface area contributed by atoms with Crippen LogP contribution in [0.4, 0.5) is 5.69 Å². The van der Waals surface area contributed by atoms with Gasteiger partial charge in [0.2, 0.25) is 10.9 Å². The van der Waals surface area contributed by atoms with Gasteiger partial charge in [0.25, 0.3) is 15.9 Å². The van der Waals surface area contributed by atoms with E-state index in [-0.39, 0.29) is 33.9 Å². The number of carbonyl (C=O) groups is 4. The Bertz CT molecular complexity index is 1400. The number of ether oxygens (including phenoxy) is 1. The summed E-state index contributed by atoms with van der Waals surface area (Å²) in [5.74, 6) is -2.89. The summed E-state index contributed by atoms with van der Waals surface area (Å²) in [7, 11) is -4.13. The molecule has 1 aliphatic rings. The van der Waals surface area contributed by atoms with Gasteiger partial charge in [0.05, 0.1) is 0 Å². The molecule has 1 heterocycles. The summed E-state index contributed by atoms with van der Waals surface area (Å²) in [6, 6.07) is 12.7. The molecule has 1 aliphatic carbocycles. The van der Waals surface area contributed by atoms with Crippen molar-refractivity contribution in [1.82, 2.24) is 0 Å². The van der Waals surface area contributed by atoms with Crippen LogP contribution in [0.15, 0.2) is 64.1 Å². The summed E-state index contributed by atoms with van der Waals surface area (Å²) < 4.78 is 31.9. The molecule has 0 spiro atoms. The molecule has 1 amide bonds. The summed E-state index contributed by atoms with van der Waals surface area (Å²) in [5, 5.41) is 6.73. The number of hydrogen-bond acceptors (Lipinski definition) is 8. The molecule has 0 radical (unpaired) electrons. The monoisotopic (exact) mass is 454 g/mol. The Morgan fingerprint density at radius 1 is 0.906 bits per heavy atom. The van der Waals surface area contributed by atoms with Crippen LogP contribution in [-0.4, -0.2) is 38.5 Å². The van der Waals surface area contributed by atoms with Crippen LogP contribution in [0.5, 0.6) is 0 Å². The molecule has 0 aliphatic heterocycles. The third-order valence-electron chi connectivity index (χ3n) is 4.61. The number of carbonyl (C=O) groups excluding carboxylic acids is 4. The first-order chi connectivity index (χ1) is 15.1. The van der Waals surface area contributed by atoms with Gasteiger partial charge in [-0.25, -0.2) is 18.4 Å². The molecule has 0 fully saturated rings. The minimum atomic E-state index is -4.13. The van der Waals surface area contributed by atoms with E-state index in [4.69, 9.17) is 14.3 Å². The third kappa shape index (κ3) is 3.94. The van der Waals surface area contributed by atoms with Crippen molar-refractivity contribution < 1.29 is 36.7 Å². The summed E-state index contributed by atoms with van der Waals surface area (Å²) in [5.41, 5.74) is 1.19. The summed E-state index contributed by atoms with van der Waals surface area (Å²) >= 11 is 0. The predicted molar refractivity (Wildman–Crippen MR) is 109 cm³/mol. The smallest absolute Gasteiger partial charge is 0.374 e. The van der Waals surface area contributed by atoms with Crippen LogP contribution in [0.2, 0.25) is 0 Å². The van der Waals surface area contributed by atoms with Crippen molar-refractivity contribution in [2.45, 2.75) is 5.09 Å². The normalized spacial score (nSPS) is 12.7. The fourth-order valence-corrected chi connectivity index (χ4v) is 3.62. The molecule has 3 N–H and O–H groups in total. The number of benzene rings is 2. The maximum Gasteiger partial charge on any atom is 0.374 e. The van der Waals surface area contributed by atoms with E-state index in [1.807, 2.05) is 0 Å². The second kappa shape index (κ2) is 7.87. The van der Waals surface area contributed by atoms with Gasteiger partial charge < -0.3 is 14.5 Å². The van der Waals surface area contributed by atoms with Crippen LogP contribution in [0, 0.1) is 0 Å². The molecule has 0 atom stereocenters. The first kappa shape index (κ1) is 21.2. The van der Waals surface area contributed by atoms with Crippen molar-refractivity contribution in [2.24, 2.45) is 5.14 Å². The number of furan rings is 1. The minimum Gasteiger partial charge on any atom is -0.450 e. The molecule has 0 saturated heterocycles. The molecular weight excluding hydrogens is 440 g/mol. The van der Waals surface area contributed by atoms with Crippen molar-refractivity contribution in [3.8, 4) is 0 Å². The lowest BCUT2D eigenvalue weighted by molar-refractivity contribution is -0.119. The summed E-state index contributed by atoms with van der Waals surface area (Å²) in [6.07, 6.45) is 0. The average Bonchev–Trinajstić information content (AvgIpc) is 3.27. The zero-order valence-electron chi connectivity index (χ0n) is 16.2. The Morgan fingerprint density at radius 2 is 1.53 bits per heavy atom. The second-order valence-corrected chi connectivity index (χ2v) is 8.24. The number of rotatable bonds is 5. The van der Waals surface area contributed by atoms with Crippen molar-refractivity contribution >= 4 is 39.2 Å². The van der Waals surface area contributed by atoms with E-state index < -0.39 is 39.4 Å². The molecule has 4 rings (SSSR count). The van der Waals surface area contributed by atoms with E-state index in [0.717, 1.165) is 12.1 Å².